The van der Waals surface area contributed by atoms with E-state index >= 15 is 0 Å². The van der Waals surface area contributed by atoms with Crippen molar-refractivity contribution in [1.82, 2.24) is 24.8 Å². The van der Waals surface area contributed by atoms with Crippen molar-refractivity contribution in [2.75, 3.05) is 44.7 Å². The monoisotopic (exact) mass is 488 g/mol. The predicted octanol–water partition coefficient (Wildman–Crippen LogP) is 3.16. The van der Waals surface area contributed by atoms with E-state index in [1.165, 1.54) is 6.33 Å². The van der Waals surface area contributed by atoms with Crippen LogP contribution in [-0.4, -0.2) is 70.0 Å². The van der Waals surface area contributed by atoms with Gasteiger partial charge in [-0.1, -0.05) is 11.6 Å². The molecule has 3 N–H and O–H groups in total. The second-order valence-electron chi connectivity index (χ2n) is 8.66. The highest BCUT2D eigenvalue weighted by Crippen LogP contribution is 2.34. The third kappa shape index (κ3) is 5.58. The van der Waals surface area contributed by atoms with Crippen LogP contribution >= 0.6 is 11.6 Å². The van der Waals surface area contributed by atoms with Crippen molar-refractivity contribution in [2.24, 2.45) is 0 Å². The number of carbonyl (C=O) groups excluding carboxylic acids is 1. The molecule has 1 aromatic carbocycles. The number of ether oxygens (including phenoxy) is 2. The first-order chi connectivity index (χ1) is 16.2. The fourth-order valence-corrected chi connectivity index (χ4v) is 4.13. The smallest absolute Gasteiger partial charge is 0.319 e. The lowest BCUT2D eigenvalue weighted by Crippen LogP contribution is -2.42. The van der Waals surface area contributed by atoms with Gasteiger partial charge in [-0.05, 0) is 38.5 Å². The number of aryl methyl sites for hydroxylation is 1. The maximum atomic E-state index is 12.3. The molecule has 0 bridgehead atoms. The number of hydrogen-bond acceptors (Lipinski definition) is 7. The van der Waals surface area contributed by atoms with Crippen molar-refractivity contribution >= 4 is 28.8 Å². The molecule has 0 atom stereocenters. The molecule has 3 heterocycles. The number of morpholine rings is 1. The van der Waals surface area contributed by atoms with E-state index in [9.17, 15) is 9.90 Å². The fraction of sp³-hybridized carbons (Fsp3) is 0.435. The molecule has 0 spiro atoms. The summed E-state index contributed by atoms with van der Waals surface area (Å²) in [7, 11) is 0. The van der Waals surface area contributed by atoms with Crippen LogP contribution < -0.4 is 15.4 Å². The Hall–Kier alpha value is -2.92. The van der Waals surface area contributed by atoms with Crippen molar-refractivity contribution in [3.63, 3.8) is 0 Å². The highest BCUT2D eigenvalue weighted by Gasteiger charge is 2.24. The normalized spacial score (nSPS) is 14.9. The fourth-order valence-electron chi connectivity index (χ4n) is 3.91. The van der Waals surface area contributed by atoms with Gasteiger partial charge in [-0.3, -0.25) is 4.90 Å². The van der Waals surface area contributed by atoms with Gasteiger partial charge in [-0.2, -0.15) is 10.1 Å². The molecule has 0 unspecified atom stereocenters. The van der Waals surface area contributed by atoms with Gasteiger partial charge in [0.25, 0.3) is 0 Å². The van der Waals surface area contributed by atoms with E-state index in [-0.39, 0.29) is 6.03 Å². The molecule has 0 aliphatic carbocycles. The summed E-state index contributed by atoms with van der Waals surface area (Å²) in [5.41, 5.74) is 1.64. The number of nitrogens with one attached hydrogen (secondary N) is 2. The Labute approximate surface area is 202 Å². The summed E-state index contributed by atoms with van der Waals surface area (Å²) in [5.74, 6) is 0.787. The quantitative estimate of drug-likeness (QED) is 0.468. The van der Waals surface area contributed by atoms with Crippen molar-refractivity contribution < 1.29 is 19.4 Å². The summed E-state index contributed by atoms with van der Waals surface area (Å²) in [6, 6.07) is 4.65. The first kappa shape index (κ1) is 24.2. The molecule has 1 aliphatic heterocycles. The molecule has 34 heavy (non-hydrogen) atoms. The molecule has 0 saturated carbocycles. The number of halogens is 1. The second kappa shape index (κ2) is 10.1. The topological polar surface area (TPSA) is 113 Å². The Morgan fingerprint density at radius 3 is 2.79 bits per heavy atom. The summed E-state index contributed by atoms with van der Waals surface area (Å²) in [4.78, 5) is 18.8. The SMILES string of the molecule is Cc1c(C(C)(C)O)cn2ncnc(Oc3ccc(NC(=O)NCCN4CCOCC4)c(Cl)c3)c12. The molecule has 182 valence electrons. The lowest BCUT2D eigenvalue weighted by Gasteiger charge is -2.26. The summed E-state index contributed by atoms with van der Waals surface area (Å²) in [5, 5.41) is 20.6. The zero-order valence-electron chi connectivity index (χ0n) is 19.5. The molecule has 0 radical (unpaired) electrons. The number of amides is 2. The van der Waals surface area contributed by atoms with Crippen molar-refractivity contribution in [1.29, 1.82) is 0 Å². The van der Waals surface area contributed by atoms with Crippen molar-refractivity contribution in [3.05, 3.63) is 46.9 Å². The minimum Gasteiger partial charge on any atom is -0.437 e. The van der Waals surface area contributed by atoms with Gasteiger partial charge in [0.15, 0.2) is 0 Å². The highest BCUT2D eigenvalue weighted by molar-refractivity contribution is 6.33. The van der Waals surface area contributed by atoms with E-state index in [1.807, 2.05) is 6.92 Å². The molecule has 11 heteroatoms. The summed E-state index contributed by atoms with van der Waals surface area (Å²) in [6.07, 6.45) is 3.14. The molecular formula is C23H29ClN6O4. The van der Waals surface area contributed by atoms with Gasteiger partial charge < -0.3 is 25.2 Å². The zero-order valence-corrected chi connectivity index (χ0v) is 20.2. The molecular weight excluding hydrogens is 460 g/mol. The number of rotatable bonds is 7. The largest absolute Gasteiger partial charge is 0.437 e. The van der Waals surface area contributed by atoms with Crippen LogP contribution in [0, 0.1) is 6.92 Å². The summed E-state index contributed by atoms with van der Waals surface area (Å²) < 4.78 is 12.9. The molecule has 4 rings (SSSR count). The van der Waals surface area contributed by atoms with Gasteiger partial charge in [0, 0.05) is 44.0 Å². The Morgan fingerprint density at radius 2 is 2.09 bits per heavy atom. The third-order valence-corrected chi connectivity index (χ3v) is 5.99. The molecule has 3 aromatic rings. The zero-order chi connectivity index (χ0) is 24.3. The average molecular weight is 489 g/mol. The van der Waals surface area contributed by atoms with Gasteiger partial charge in [0.2, 0.25) is 5.88 Å². The Bertz CT molecular complexity index is 1170. The molecule has 1 aliphatic rings. The van der Waals surface area contributed by atoms with Crippen molar-refractivity contribution in [2.45, 2.75) is 26.4 Å². The Balaban J connectivity index is 1.41. The number of benzene rings is 1. The number of carbonyl (C=O) groups is 1. The lowest BCUT2D eigenvalue weighted by atomic mass is 9.98. The number of aliphatic hydroxyl groups is 1. The Morgan fingerprint density at radius 1 is 1.32 bits per heavy atom. The van der Waals surface area contributed by atoms with E-state index in [0.717, 1.165) is 44.0 Å². The molecule has 1 saturated heterocycles. The first-order valence-corrected chi connectivity index (χ1v) is 11.5. The van der Waals surface area contributed by atoms with Crippen LogP contribution in [0.25, 0.3) is 5.52 Å². The number of hydrogen-bond donors (Lipinski definition) is 3. The molecule has 2 aromatic heterocycles. The molecule has 10 nitrogen and oxygen atoms in total. The van der Waals surface area contributed by atoms with Crippen LogP contribution in [0.2, 0.25) is 5.02 Å². The molecule has 2 amide bonds. The van der Waals surface area contributed by atoms with Crippen molar-refractivity contribution in [3.8, 4) is 11.6 Å². The molecule has 1 fully saturated rings. The van der Waals surface area contributed by atoms with E-state index in [1.54, 1.807) is 42.8 Å². The van der Waals surface area contributed by atoms with E-state index in [0.29, 0.717) is 34.4 Å². The third-order valence-electron chi connectivity index (χ3n) is 5.67. The second-order valence-corrected chi connectivity index (χ2v) is 9.07. The minimum absolute atomic E-state index is 0.329. The predicted molar refractivity (Wildman–Crippen MR) is 129 cm³/mol. The minimum atomic E-state index is -1.03. The number of urea groups is 1. The van der Waals surface area contributed by atoms with E-state index in [2.05, 4.69) is 25.6 Å². The van der Waals surface area contributed by atoms with Gasteiger partial charge >= 0.3 is 6.03 Å². The van der Waals surface area contributed by atoms with Gasteiger partial charge in [-0.15, -0.1) is 0 Å². The maximum Gasteiger partial charge on any atom is 0.319 e. The van der Waals surface area contributed by atoms with Gasteiger partial charge in [-0.25, -0.2) is 9.31 Å². The number of fused-ring (bicyclic) bond motifs is 1. The lowest BCUT2D eigenvalue weighted by molar-refractivity contribution is 0.0388. The van der Waals surface area contributed by atoms with Crippen LogP contribution in [-0.2, 0) is 10.3 Å². The van der Waals surface area contributed by atoms with Crippen LogP contribution in [0.15, 0.2) is 30.7 Å². The first-order valence-electron chi connectivity index (χ1n) is 11.1. The highest BCUT2D eigenvalue weighted by atomic mass is 35.5. The van der Waals surface area contributed by atoms with Crippen LogP contribution in [0.3, 0.4) is 0 Å². The number of aromatic nitrogens is 3. The standard InChI is InChI=1S/C23H29ClN6O4/c1-15-17(23(2,3)32)13-30-20(15)21(26-14-27-30)34-16-4-5-19(18(24)12-16)28-22(31)25-6-7-29-8-10-33-11-9-29/h4-5,12-14,32H,6-11H2,1-3H3,(H2,25,28,31). The van der Waals surface area contributed by atoms with Crippen LogP contribution in [0.1, 0.15) is 25.0 Å². The van der Waals surface area contributed by atoms with E-state index < -0.39 is 5.60 Å². The summed E-state index contributed by atoms with van der Waals surface area (Å²) in [6.45, 7) is 9.80. The van der Waals surface area contributed by atoms with Crippen LogP contribution in [0.5, 0.6) is 11.6 Å². The Kier molecular flexibility index (Phi) is 7.22. The number of nitrogens with zero attached hydrogens (tertiary/aromatic N) is 4. The van der Waals surface area contributed by atoms with E-state index in [4.69, 9.17) is 21.1 Å². The summed E-state index contributed by atoms with van der Waals surface area (Å²) >= 11 is 6.39. The van der Waals surface area contributed by atoms with Gasteiger partial charge in [0.05, 0.1) is 29.5 Å². The van der Waals surface area contributed by atoms with Gasteiger partial charge in [0.1, 0.15) is 17.6 Å². The maximum absolute atomic E-state index is 12.3. The average Bonchev–Trinajstić information content (AvgIpc) is 3.14. The van der Waals surface area contributed by atoms with Crippen LogP contribution in [0.4, 0.5) is 10.5 Å². The number of anilines is 1.